The van der Waals surface area contributed by atoms with E-state index < -0.39 is 0 Å². The van der Waals surface area contributed by atoms with E-state index in [1.165, 1.54) is 4.90 Å². The average Bonchev–Trinajstić information content (AvgIpc) is 2.64. The van der Waals surface area contributed by atoms with Crippen molar-refractivity contribution in [3.8, 4) is 0 Å². The summed E-state index contributed by atoms with van der Waals surface area (Å²) in [6.45, 7) is 1.87. The van der Waals surface area contributed by atoms with E-state index in [1.54, 1.807) is 18.0 Å². The largest absolute Gasteiger partial charge is 0.354 e. The molecule has 2 aromatic heterocycles. The fraction of sp³-hybridized carbons (Fsp3) is 0.0500. The number of anilines is 2. The van der Waals surface area contributed by atoms with E-state index in [0.717, 1.165) is 27.5 Å². The van der Waals surface area contributed by atoms with Crippen LogP contribution >= 0.6 is 11.8 Å². The standard InChI is InChI=1S/C20H16N4S/c1-14-22-13-16-17(11-12-21-20(16)23-14)24-18-9-5-6-10-19(18)25-15-7-3-2-4-8-15/h2-13H,1H3,(H,21,22,23,24). The zero-order valence-corrected chi connectivity index (χ0v) is 14.5. The molecule has 4 nitrogen and oxygen atoms in total. The molecule has 0 spiro atoms. The number of aryl methyl sites for hydroxylation is 1. The summed E-state index contributed by atoms with van der Waals surface area (Å²) in [6, 6.07) is 20.6. The van der Waals surface area contributed by atoms with Crippen molar-refractivity contribution in [2.45, 2.75) is 16.7 Å². The van der Waals surface area contributed by atoms with Crippen molar-refractivity contribution in [2.75, 3.05) is 5.32 Å². The number of hydrogen-bond donors (Lipinski definition) is 1. The van der Waals surface area contributed by atoms with Crippen LogP contribution in [0.25, 0.3) is 11.0 Å². The van der Waals surface area contributed by atoms with E-state index in [-0.39, 0.29) is 0 Å². The van der Waals surface area contributed by atoms with Gasteiger partial charge in [-0.25, -0.2) is 15.0 Å². The van der Waals surface area contributed by atoms with Gasteiger partial charge in [-0.2, -0.15) is 0 Å². The molecule has 122 valence electrons. The molecule has 0 bridgehead atoms. The summed E-state index contributed by atoms with van der Waals surface area (Å²) in [6.07, 6.45) is 3.59. The Morgan fingerprint density at radius 3 is 2.52 bits per heavy atom. The minimum Gasteiger partial charge on any atom is -0.354 e. The molecule has 0 fully saturated rings. The van der Waals surface area contributed by atoms with Gasteiger partial charge in [0, 0.05) is 22.2 Å². The van der Waals surface area contributed by atoms with Crippen LogP contribution in [0.15, 0.2) is 82.8 Å². The predicted octanol–water partition coefficient (Wildman–Crippen LogP) is 5.23. The molecular weight excluding hydrogens is 328 g/mol. The molecule has 4 rings (SSSR count). The van der Waals surface area contributed by atoms with Crippen molar-refractivity contribution in [1.82, 2.24) is 15.0 Å². The number of rotatable bonds is 4. The molecular formula is C20H16N4S. The van der Waals surface area contributed by atoms with Crippen molar-refractivity contribution in [3.63, 3.8) is 0 Å². The molecule has 0 aliphatic carbocycles. The second-order valence-corrected chi connectivity index (χ2v) is 6.66. The van der Waals surface area contributed by atoms with Gasteiger partial charge in [0.1, 0.15) is 5.82 Å². The van der Waals surface area contributed by atoms with E-state index >= 15 is 0 Å². The van der Waals surface area contributed by atoms with Crippen molar-refractivity contribution < 1.29 is 0 Å². The van der Waals surface area contributed by atoms with Gasteiger partial charge >= 0.3 is 0 Å². The van der Waals surface area contributed by atoms with Gasteiger partial charge in [0.05, 0.1) is 16.8 Å². The van der Waals surface area contributed by atoms with Crippen LogP contribution in [-0.2, 0) is 0 Å². The van der Waals surface area contributed by atoms with E-state index in [2.05, 4.69) is 56.7 Å². The van der Waals surface area contributed by atoms with Crippen molar-refractivity contribution >= 4 is 34.2 Å². The highest BCUT2D eigenvalue weighted by Gasteiger charge is 2.08. The second-order valence-electron chi connectivity index (χ2n) is 5.55. The number of benzene rings is 2. The molecule has 0 radical (unpaired) electrons. The van der Waals surface area contributed by atoms with E-state index in [9.17, 15) is 0 Å². The third-order valence-corrected chi connectivity index (χ3v) is 4.83. The zero-order valence-electron chi connectivity index (χ0n) is 13.7. The maximum Gasteiger partial charge on any atom is 0.164 e. The number of para-hydroxylation sites is 1. The monoisotopic (exact) mass is 344 g/mol. The Kier molecular flexibility index (Phi) is 4.31. The summed E-state index contributed by atoms with van der Waals surface area (Å²) in [4.78, 5) is 15.4. The molecule has 0 saturated carbocycles. The van der Waals surface area contributed by atoms with Gasteiger partial charge in [-0.3, -0.25) is 0 Å². The molecule has 0 aliphatic rings. The quantitative estimate of drug-likeness (QED) is 0.549. The van der Waals surface area contributed by atoms with Crippen molar-refractivity contribution in [1.29, 1.82) is 0 Å². The summed E-state index contributed by atoms with van der Waals surface area (Å²) < 4.78 is 0. The topological polar surface area (TPSA) is 50.7 Å². The molecule has 0 unspecified atom stereocenters. The fourth-order valence-corrected chi connectivity index (χ4v) is 3.47. The molecule has 0 amide bonds. The van der Waals surface area contributed by atoms with Gasteiger partial charge in [-0.15, -0.1) is 0 Å². The number of nitrogens with zero attached hydrogens (tertiary/aromatic N) is 3. The first-order valence-corrected chi connectivity index (χ1v) is 8.78. The van der Waals surface area contributed by atoms with Gasteiger partial charge in [0.2, 0.25) is 0 Å². The Hall–Kier alpha value is -2.92. The first kappa shape index (κ1) is 15.6. The first-order chi connectivity index (χ1) is 12.3. The molecule has 0 saturated heterocycles. The lowest BCUT2D eigenvalue weighted by Crippen LogP contribution is -1.97. The Balaban J connectivity index is 1.70. The highest BCUT2D eigenvalue weighted by atomic mass is 32.2. The molecule has 2 heterocycles. The highest BCUT2D eigenvalue weighted by molar-refractivity contribution is 7.99. The van der Waals surface area contributed by atoms with Crippen LogP contribution < -0.4 is 5.32 Å². The van der Waals surface area contributed by atoms with Gasteiger partial charge in [-0.1, -0.05) is 42.1 Å². The summed E-state index contributed by atoms with van der Waals surface area (Å²) >= 11 is 1.73. The van der Waals surface area contributed by atoms with Gasteiger partial charge in [0.15, 0.2) is 5.65 Å². The molecule has 2 aromatic carbocycles. The molecule has 0 aliphatic heterocycles. The fourth-order valence-electron chi connectivity index (χ4n) is 2.55. The van der Waals surface area contributed by atoms with Crippen molar-refractivity contribution in [2.24, 2.45) is 0 Å². The molecule has 5 heteroatoms. The third-order valence-electron chi connectivity index (χ3n) is 3.74. The molecule has 25 heavy (non-hydrogen) atoms. The SMILES string of the molecule is Cc1ncc2c(Nc3ccccc3Sc3ccccc3)ccnc2n1. The lowest BCUT2D eigenvalue weighted by molar-refractivity contribution is 1.07. The maximum absolute atomic E-state index is 4.40. The Bertz CT molecular complexity index is 1020. The first-order valence-electron chi connectivity index (χ1n) is 7.97. The van der Waals surface area contributed by atoms with Crippen LogP contribution in [-0.4, -0.2) is 15.0 Å². The van der Waals surface area contributed by atoms with Gasteiger partial charge in [-0.05, 0) is 37.3 Å². The van der Waals surface area contributed by atoms with Crippen LogP contribution in [0.4, 0.5) is 11.4 Å². The average molecular weight is 344 g/mol. The predicted molar refractivity (Wildman–Crippen MR) is 102 cm³/mol. The van der Waals surface area contributed by atoms with E-state index in [1.807, 2.05) is 37.4 Å². The van der Waals surface area contributed by atoms with Gasteiger partial charge < -0.3 is 5.32 Å². The summed E-state index contributed by atoms with van der Waals surface area (Å²) in [7, 11) is 0. The van der Waals surface area contributed by atoms with Crippen molar-refractivity contribution in [3.05, 3.63) is 78.9 Å². The van der Waals surface area contributed by atoms with Crippen LogP contribution in [0.1, 0.15) is 5.82 Å². The van der Waals surface area contributed by atoms with Crippen LogP contribution in [0, 0.1) is 6.92 Å². The Morgan fingerprint density at radius 1 is 0.840 bits per heavy atom. The highest BCUT2D eigenvalue weighted by Crippen LogP contribution is 2.35. The molecule has 0 atom stereocenters. The Labute approximate surface area is 150 Å². The van der Waals surface area contributed by atoms with Crippen LogP contribution in [0.2, 0.25) is 0 Å². The second kappa shape index (κ2) is 6.91. The number of nitrogens with one attached hydrogen (secondary N) is 1. The minimum absolute atomic E-state index is 0.700. The normalized spacial score (nSPS) is 10.8. The lowest BCUT2D eigenvalue weighted by Gasteiger charge is -2.13. The summed E-state index contributed by atoms with van der Waals surface area (Å²) in [5.41, 5.74) is 2.70. The summed E-state index contributed by atoms with van der Waals surface area (Å²) in [5, 5.41) is 4.42. The third kappa shape index (κ3) is 3.46. The zero-order chi connectivity index (χ0) is 17.1. The van der Waals surface area contributed by atoms with E-state index in [4.69, 9.17) is 0 Å². The maximum atomic E-state index is 4.40. The summed E-state index contributed by atoms with van der Waals surface area (Å²) in [5.74, 6) is 0.720. The van der Waals surface area contributed by atoms with Crippen LogP contribution in [0.3, 0.4) is 0 Å². The van der Waals surface area contributed by atoms with E-state index in [0.29, 0.717) is 5.65 Å². The van der Waals surface area contributed by atoms with Crippen LogP contribution in [0.5, 0.6) is 0 Å². The number of hydrogen-bond acceptors (Lipinski definition) is 5. The molecule has 4 aromatic rings. The smallest absolute Gasteiger partial charge is 0.164 e. The number of fused-ring (bicyclic) bond motifs is 1. The van der Waals surface area contributed by atoms with Gasteiger partial charge in [0.25, 0.3) is 0 Å². The molecule has 1 N–H and O–H groups in total. The Morgan fingerprint density at radius 2 is 1.64 bits per heavy atom. The minimum atomic E-state index is 0.700. The lowest BCUT2D eigenvalue weighted by atomic mass is 10.2. The number of aromatic nitrogens is 3. The number of pyridine rings is 1.